The van der Waals surface area contributed by atoms with E-state index in [1.54, 1.807) is 29.2 Å². The molecule has 0 spiro atoms. The largest absolute Gasteiger partial charge is 0.352 e. The van der Waals surface area contributed by atoms with Gasteiger partial charge in [0.25, 0.3) is 0 Å². The van der Waals surface area contributed by atoms with Gasteiger partial charge in [-0.25, -0.2) is 8.42 Å². The summed E-state index contributed by atoms with van der Waals surface area (Å²) in [7, 11) is -3.59. The van der Waals surface area contributed by atoms with Crippen LogP contribution >= 0.6 is 27.5 Å². The number of nitrogens with zero attached hydrogens (tertiary/aromatic N) is 2. The maximum Gasteiger partial charge on any atom is 0.243 e. The molecule has 0 unspecified atom stereocenters. The van der Waals surface area contributed by atoms with Gasteiger partial charge in [0.2, 0.25) is 21.8 Å². The minimum atomic E-state index is -3.59. The highest BCUT2D eigenvalue weighted by Gasteiger charge is 2.31. The lowest BCUT2D eigenvalue weighted by Gasteiger charge is -2.32. The maximum atomic E-state index is 13.9. The number of halogens is 2. The van der Waals surface area contributed by atoms with Crippen LogP contribution < -0.4 is 9.62 Å². The smallest absolute Gasteiger partial charge is 0.243 e. The van der Waals surface area contributed by atoms with E-state index in [4.69, 9.17) is 11.6 Å². The Hall–Kier alpha value is -2.88. The van der Waals surface area contributed by atoms with E-state index < -0.39 is 16.1 Å². The quantitative estimate of drug-likeness (QED) is 0.223. The Labute approximate surface area is 257 Å². The summed E-state index contributed by atoms with van der Waals surface area (Å²) in [6, 6.07) is 23.0. The van der Waals surface area contributed by atoms with Crippen LogP contribution in [-0.2, 0) is 32.6 Å². The van der Waals surface area contributed by atoms with Crippen molar-refractivity contribution in [2.24, 2.45) is 0 Å². The van der Waals surface area contributed by atoms with Gasteiger partial charge < -0.3 is 10.2 Å². The fourth-order valence-corrected chi connectivity index (χ4v) is 5.75. The molecule has 7 nitrogen and oxygen atoms in total. The molecule has 3 rings (SSSR count). The number of benzene rings is 3. The maximum absolute atomic E-state index is 13.9. The number of hydrogen-bond donors (Lipinski definition) is 1. The molecule has 1 N–H and O–H groups in total. The van der Waals surface area contributed by atoms with Crippen molar-refractivity contribution in [1.29, 1.82) is 0 Å². The van der Waals surface area contributed by atoms with Gasteiger partial charge in [0.15, 0.2) is 0 Å². The van der Waals surface area contributed by atoms with Gasteiger partial charge in [0.05, 0.1) is 11.9 Å². The van der Waals surface area contributed by atoms with Gasteiger partial charge in [-0.05, 0) is 67.3 Å². The predicted molar refractivity (Wildman–Crippen MR) is 169 cm³/mol. The van der Waals surface area contributed by atoms with E-state index in [9.17, 15) is 18.0 Å². The molecular formula is C31H37BrClN3O4S. The molecule has 0 aliphatic heterocycles. The summed E-state index contributed by atoms with van der Waals surface area (Å²) < 4.78 is 27.3. The van der Waals surface area contributed by atoms with Crippen molar-refractivity contribution >= 4 is 55.1 Å². The number of sulfonamides is 1. The Morgan fingerprint density at radius 1 is 0.951 bits per heavy atom. The van der Waals surface area contributed by atoms with Crippen molar-refractivity contribution in [3.63, 3.8) is 0 Å². The van der Waals surface area contributed by atoms with Crippen molar-refractivity contribution in [3.8, 4) is 0 Å². The van der Waals surface area contributed by atoms with Crippen molar-refractivity contribution in [3.05, 3.63) is 99.5 Å². The molecular weight excluding hydrogens is 626 g/mol. The van der Waals surface area contributed by atoms with Gasteiger partial charge in [-0.3, -0.25) is 13.9 Å². The predicted octanol–water partition coefficient (Wildman–Crippen LogP) is 6.20. The van der Waals surface area contributed by atoms with E-state index in [2.05, 4.69) is 21.2 Å². The van der Waals surface area contributed by atoms with Crippen LogP contribution in [0.1, 0.15) is 44.2 Å². The van der Waals surface area contributed by atoms with E-state index in [0.717, 1.165) is 28.3 Å². The molecule has 3 aromatic rings. The van der Waals surface area contributed by atoms with Gasteiger partial charge in [-0.1, -0.05) is 76.9 Å². The Morgan fingerprint density at radius 3 is 2.17 bits per heavy atom. The number of rotatable bonds is 14. The third-order valence-electron chi connectivity index (χ3n) is 6.81. The Bertz CT molecular complexity index is 1390. The lowest BCUT2D eigenvalue weighted by atomic mass is 10.0. The molecule has 0 saturated heterocycles. The molecule has 220 valence electrons. The first-order valence-electron chi connectivity index (χ1n) is 13.6. The van der Waals surface area contributed by atoms with Crippen LogP contribution in [0.4, 0.5) is 5.69 Å². The molecule has 0 aliphatic carbocycles. The monoisotopic (exact) mass is 661 g/mol. The number of amides is 2. The van der Waals surface area contributed by atoms with Gasteiger partial charge in [-0.15, -0.1) is 0 Å². The van der Waals surface area contributed by atoms with Crippen molar-refractivity contribution in [1.82, 2.24) is 10.2 Å². The van der Waals surface area contributed by atoms with Crippen molar-refractivity contribution < 1.29 is 18.0 Å². The van der Waals surface area contributed by atoms with Crippen molar-refractivity contribution in [2.45, 2.75) is 58.2 Å². The molecule has 0 fully saturated rings. The minimum absolute atomic E-state index is 0.0481. The summed E-state index contributed by atoms with van der Waals surface area (Å²) in [5.41, 5.74) is 2.30. The molecule has 0 saturated carbocycles. The first-order valence-corrected chi connectivity index (χ1v) is 16.6. The molecule has 0 heterocycles. The Balaban J connectivity index is 1.88. The van der Waals surface area contributed by atoms with Crippen LogP contribution in [0.25, 0.3) is 0 Å². The molecule has 2 amide bonds. The Morgan fingerprint density at radius 2 is 1.59 bits per heavy atom. The van der Waals surface area contributed by atoms with Gasteiger partial charge in [0.1, 0.15) is 6.04 Å². The number of carbonyl (C=O) groups is 2. The lowest BCUT2D eigenvalue weighted by Crippen LogP contribution is -2.52. The molecule has 0 radical (unpaired) electrons. The van der Waals surface area contributed by atoms with E-state index in [0.29, 0.717) is 17.1 Å². The van der Waals surface area contributed by atoms with Crippen molar-refractivity contribution in [2.75, 3.05) is 17.1 Å². The molecule has 2 atom stereocenters. The number of carbonyl (C=O) groups excluding carboxylic acids is 2. The third kappa shape index (κ3) is 10.2. The second-order valence-corrected chi connectivity index (χ2v) is 13.3. The first kappa shape index (κ1) is 32.6. The minimum Gasteiger partial charge on any atom is -0.352 e. The zero-order chi connectivity index (χ0) is 30.0. The van der Waals surface area contributed by atoms with E-state index in [1.165, 1.54) is 4.31 Å². The zero-order valence-electron chi connectivity index (χ0n) is 23.6. The van der Waals surface area contributed by atoms with Gasteiger partial charge in [-0.2, -0.15) is 0 Å². The topological polar surface area (TPSA) is 86.8 Å². The van der Waals surface area contributed by atoms with E-state index >= 15 is 0 Å². The summed E-state index contributed by atoms with van der Waals surface area (Å²) in [6.45, 7) is 4.29. The molecule has 0 aromatic heterocycles. The molecule has 10 heteroatoms. The molecule has 0 aliphatic rings. The van der Waals surface area contributed by atoms with Crippen LogP contribution in [0, 0.1) is 0 Å². The highest BCUT2D eigenvalue weighted by atomic mass is 79.9. The fourth-order valence-electron chi connectivity index (χ4n) is 4.39. The van der Waals surface area contributed by atoms with Gasteiger partial charge in [0, 0.05) is 41.5 Å². The molecule has 3 aromatic carbocycles. The Kier molecular flexibility index (Phi) is 12.2. The highest BCUT2D eigenvalue weighted by molar-refractivity contribution is 9.10. The van der Waals surface area contributed by atoms with Crippen LogP contribution in [0.3, 0.4) is 0 Å². The van der Waals surface area contributed by atoms with Crippen LogP contribution in [0.15, 0.2) is 83.3 Å². The number of hydrogen-bond acceptors (Lipinski definition) is 4. The van der Waals surface area contributed by atoms with Gasteiger partial charge >= 0.3 is 0 Å². The van der Waals surface area contributed by atoms with Crippen LogP contribution in [0.5, 0.6) is 0 Å². The van der Waals surface area contributed by atoms with E-state index in [1.807, 2.05) is 68.4 Å². The summed E-state index contributed by atoms with van der Waals surface area (Å²) in [4.78, 5) is 29.1. The summed E-state index contributed by atoms with van der Waals surface area (Å²) in [5.74, 6) is -0.440. The SMILES string of the molecule is CC[C@H](C)NC(=O)[C@@H](Cc1ccccc1)N(Cc1ccc(Br)cc1)C(=O)CCCN(c1ccc(Cl)cc1)S(C)(=O)=O. The fraction of sp³-hybridized carbons (Fsp3) is 0.355. The van der Waals surface area contributed by atoms with Crippen LogP contribution in [0.2, 0.25) is 5.02 Å². The first-order chi connectivity index (χ1) is 19.5. The second kappa shape index (κ2) is 15.4. The average Bonchev–Trinajstić information content (AvgIpc) is 2.94. The third-order valence-corrected chi connectivity index (χ3v) is 8.78. The lowest BCUT2D eigenvalue weighted by molar-refractivity contribution is -0.141. The standard InChI is InChI=1S/C31H37BrClN3O4S/c1-4-23(2)34-31(38)29(21-24-9-6-5-7-10-24)35(22-25-12-14-26(32)15-13-25)30(37)11-8-20-36(41(3,39)40)28-18-16-27(33)17-19-28/h5-7,9-10,12-19,23,29H,4,8,11,20-22H2,1-3H3,(H,34,38)/t23-,29+/m0/s1. The van der Waals surface area contributed by atoms with E-state index in [-0.39, 0.29) is 43.8 Å². The molecule has 41 heavy (non-hydrogen) atoms. The zero-order valence-corrected chi connectivity index (χ0v) is 26.8. The van der Waals surface area contributed by atoms with Crippen LogP contribution in [-0.4, -0.2) is 50.0 Å². The normalized spacial score (nSPS) is 12.8. The second-order valence-electron chi connectivity index (χ2n) is 10.1. The molecule has 0 bridgehead atoms. The average molecular weight is 663 g/mol. The summed E-state index contributed by atoms with van der Waals surface area (Å²) in [5, 5.41) is 3.56. The summed E-state index contributed by atoms with van der Waals surface area (Å²) >= 11 is 9.44. The number of nitrogens with one attached hydrogen (secondary N) is 1. The highest BCUT2D eigenvalue weighted by Crippen LogP contribution is 2.22. The summed E-state index contributed by atoms with van der Waals surface area (Å²) in [6.07, 6.45) is 2.59. The number of anilines is 1.